The van der Waals surface area contributed by atoms with E-state index in [9.17, 15) is 58.2 Å². The normalized spacial score (nSPS) is 24.6. The van der Waals surface area contributed by atoms with Crippen LogP contribution < -0.4 is 80.8 Å². The number of nitrogens with two attached hydrogens (primary N) is 4. The lowest BCUT2D eigenvalue weighted by atomic mass is 9.99. The number of likely N-dealkylation sites (N-methyl/N-ethyl adjacent to an activating group) is 3. The summed E-state index contributed by atoms with van der Waals surface area (Å²) in [5.41, 5.74) is 26.4. The number of nitrogens with one attached hydrogen (secondary N) is 13. The Kier molecular flexibility index (Phi) is 40.0. The van der Waals surface area contributed by atoms with E-state index in [1.165, 1.54) is 57.5 Å². The van der Waals surface area contributed by atoms with Crippen LogP contribution in [0, 0.1) is 0 Å². The second-order valence-corrected chi connectivity index (χ2v) is 35.3. The fourth-order valence-corrected chi connectivity index (χ4v) is 17.6. The Bertz CT molecular complexity index is 5230. The van der Waals surface area contributed by atoms with Crippen molar-refractivity contribution < 1.29 is 101 Å². The molecule has 738 valence electrons. The van der Waals surface area contributed by atoms with Crippen LogP contribution in [0.25, 0.3) is 21.8 Å². The maximum Gasteiger partial charge on any atom is 0.303 e. The van der Waals surface area contributed by atoms with Gasteiger partial charge >= 0.3 is 5.97 Å². The molecule has 6 heterocycles. The van der Waals surface area contributed by atoms with Gasteiger partial charge in [-0.15, -0.1) is 11.8 Å². The van der Waals surface area contributed by atoms with Gasteiger partial charge in [0.15, 0.2) is 0 Å². The number of unbranched alkanes of at least 4 members (excludes halogenated alkanes) is 2. The average molecular weight is 1910 g/mol. The zero-order valence-corrected chi connectivity index (χ0v) is 78.2. The largest absolute Gasteiger partial charge is 0.497 e. The molecule has 6 aromatic rings. The van der Waals surface area contributed by atoms with Crippen molar-refractivity contribution in [2.45, 2.75) is 233 Å². The molecule has 3 aliphatic rings. The minimum atomic E-state index is -1.83. The van der Waals surface area contributed by atoms with Crippen molar-refractivity contribution >= 4 is 140 Å². The minimum Gasteiger partial charge on any atom is -0.497 e. The summed E-state index contributed by atoms with van der Waals surface area (Å²) in [4.78, 5) is 282. The monoisotopic (exact) mass is 1910 g/mol. The summed E-state index contributed by atoms with van der Waals surface area (Å²) in [5.74, 6) is -18.1. The number of methoxy groups -OCH3 is 1. The fourth-order valence-electron chi connectivity index (χ4n) is 16.8. The third kappa shape index (κ3) is 29.2. The molecule has 0 radical (unpaired) electrons. The van der Waals surface area contributed by atoms with E-state index in [2.05, 4.69) is 73.1 Å². The van der Waals surface area contributed by atoms with E-state index in [1.807, 2.05) is 13.8 Å². The molecule has 23 N–H and O–H groups in total. The molecule has 3 saturated heterocycles. The lowest BCUT2D eigenvalue weighted by Gasteiger charge is -2.36. The Hall–Kier alpha value is -13.6. The standard InChI is InChI=1S/C91H127N23O21S/c1-8-10-23-70-84(127)103-61(22-16-33-92)80(123)109-69(79(122)99-45-75(95)117)47-136-48-76(118)101-66(36-51-26-28-56(135-7)29-27-51)87(130)110(4)50(3)78(121)107-68(41-74(94)116)90(133)113-35-17-25-71(113)85(128)106-65(39-54-44-96-49-100-54)83(126)104-63(30-31-77(119)120)89(132)114-46-55(115)40-73(114)86(129)105-64(37-52-42-97-59-20-14-12-18-57(52)59)82(125)102-62(32-34-93)81(124)108-67(38-53-43-98-60-21-15-13-19-58(53)60)88(131)112(6)72(24-11-9-2)91(134)111(70)5/h12-15,18-21,26-29,42-44,49-50,55,61-73,97-98,115H,8-11,16-17,22-25,30-41,45-48,92-93H2,1-7H3,(H2,94,116)(H2,95,117)(H,96,100)(H,99,122)(H,101,118)(H,102,125)(H,103,127)(H,104,126)(H,105,129)(H,106,128)(H,107,121)(H,108,124)(H,109,123)(H,119,120)/t50-,55+,61-,62-,63-,64-,65-,66-,67-,68-,69-,70-,71-,72-,73-/m0/s1. The number of H-pyrrole nitrogens is 3. The molecule has 0 spiro atoms. The van der Waals surface area contributed by atoms with Crippen molar-refractivity contribution in [3.05, 3.63) is 120 Å². The fraction of sp³-hybridized carbons (Fsp3) is 0.527. The predicted octanol–water partition coefficient (Wildman–Crippen LogP) is -2.97. The number of thioether (sulfide) groups is 1. The predicted molar refractivity (Wildman–Crippen MR) is 498 cm³/mol. The number of ether oxygens (including phenoxy) is 1. The van der Waals surface area contributed by atoms with E-state index in [0.29, 0.717) is 69.9 Å². The Labute approximate surface area is 789 Å². The number of benzene rings is 3. The first-order valence-electron chi connectivity index (χ1n) is 45.5. The quantitative estimate of drug-likeness (QED) is 0.0233. The molecule has 0 unspecified atom stereocenters. The van der Waals surface area contributed by atoms with Gasteiger partial charge in [0, 0.05) is 125 Å². The number of carbonyl (C=O) groups excluding carboxylic acids is 17. The number of rotatable bonds is 28. The number of nitrogens with zero attached hydrogens (tertiary/aromatic N) is 6. The van der Waals surface area contributed by atoms with Crippen molar-refractivity contribution in [2.75, 3.05) is 72.5 Å². The van der Waals surface area contributed by atoms with Gasteiger partial charge < -0.3 is 131 Å². The number of hydrogen-bond donors (Lipinski definition) is 19. The zero-order chi connectivity index (χ0) is 99.1. The van der Waals surface area contributed by atoms with Gasteiger partial charge in [-0.2, -0.15) is 0 Å². The number of aliphatic hydroxyl groups is 1. The highest BCUT2D eigenvalue weighted by Gasteiger charge is 2.47. The number of carbonyl (C=O) groups is 18. The molecule has 0 saturated carbocycles. The molecular formula is C91H127N23O21S. The van der Waals surface area contributed by atoms with Crippen LogP contribution in [0.1, 0.15) is 139 Å². The van der Waals surface area contributed by atoms with Crippen molar-refractivity contribution in [3.8, 4) is 5.75 Å². The number of hydrogen-bond acceptors (Lipinski definition) is 24. The SMILES string of the molecule is CCCC[C@H]1C(=O)N(C)[C@@H](CCCC)C(=O)N[C@@H](CCCN)C(=O)N[C@H](C(=O)NCC(N)=O)CSCC(=O)N[C@@H](Cc2ccc(OC)cc2)C(=O)N(C)[C@@H](C)C(=O)N[C@@H](CC(N)=O)C(=O)N2CCC[C@H]2C(=O)N[C@@H](Cc2cnc[nH]2)C(=O)N[C@@H](CCC(=O)O)C(=O)N2C[C@H](O)C[C@H]2C(=O)N[C@@H](Cc2c[nH]c3ccccc23)C(=O)N[C@@H](CCN)C(=O)N[C@@H](Cc2c[nH]c3ccccc23)C(=O)N1C. The van der Waals surface area contributed by atoms with Crippen LogP contribution in [0.3, 0.4) is 0 Å². The molecule has 9 rings (SSSR count). The number of aromatic nitrogens is 4. The maximum atomic E-state index is 15.8. The Morgan fingerprint density at radius 2 is 1.07 bits per heavy atom. The molecule has 17 amide bonds. The van der Waals surface area contributed by atoms with E-state index in [1.54, 1.807) is 85.2 Å². The second kappa shape index (κ2) is 51.2. The van der Waals surface area contributed by atoms with E-state index in [4.69, 9.17) is 27.7 Å². The summed E-state index contributed by atoms with van der Waals surface area (Å²) < 4.78 is 5.34. The summed E-state index contributed by atoms with van der Waals surface area (Å²) in [6.07, 6.45) is 2.00. The highest BCUT2D eigenvalue weighted by atomic mass is 32.2. The van der Waals surface area contributed by atoms with Crippen LogP contribution in [-0.4, -0.2) is 324 Å². The number of primary amides is 2. The number of imidazole rings is 1. The number of aliphatic hydroxyl groups excluding tert-OH is 1. The lowest BCUT2D eigenvalue weighted by Crippen LogP contribution is -2.61. The number of aliphatic carboxylic acids is 1. The number of aromatic amines is 3. The van der Waals surface area contributed by atoms with Crippen LogP contribution >= 0.6 is 11.8 Å². The van der Waals surface area contributed by atoms with Crippen molar-refractivity contribution in [2.24, 2.45) is 22.9 Å². The Morgan fingerprint density at radius 1 is 0.529 bits per heavy atom. The average Bonchev–Trinajstić information content (AvgIpc) is 1.62. The van der Waals surface area contributed by atoms with Gasteiger partial charge in [-0.1, -0.05) is 88.1 Å². The van der Waals surface area contributed by atoms with Gasteiger partial charge in [0.25, 0.3) is 0 Å². The minimum absolute atomic E-state index is 0.00441. The van der Waals surface area contributed by atoms with Crippen molar-refractivity contribution in [1.82, 2.24) is 97.6 Å². The molecule has 0 bridgehead atoms. The first kappa shape index (κ1) is 106. The van der Waals surface area contributed by atoms with Crippen molar-refractivity contribution in [1.29, 1.82) is 0 Å². The summed E-state index contributed by atoms with van der Waals surface area (Å²) >= 11 is 0.791. The highest BCUT2D eigenvalue weighted by molar-refractivity contribution is 8.00. The molecule has 136 heavy (non-hydrogen) atoms. The van der Waals surface area contributed by atoms with Crippen LogP contribution in [0.2, 0.25) is 0 Å². The number of carboxylic acid groups (broad SMARTS) is 1. The summed E-state index contributed by atoms with van der Waals surface area (Å²) in [6, 6.07) is -1.43. The van der Waals surface area contributed by atoms with Crippen molar-refractivity contribution in [3.63, 3.8) is 0 Å². The number of fused-ring (bicyclic) bond motifs is 4. The summed E-state index contributed by atoms with van der Waals surface area (Å²) in [7, 11) is 5.40. The third-order valence-corrected chi connectivity index (χ3v) is 25.5. The van der Waals surface area contributed by atoms with Crippen LogP contribution in [0.15, 0.2) is 97.7 Å². The summed E-state index contributed by atoms with van der Waals surface area (Å²) in [6.45, 7) is 3.29. The van der Waals surface area contributed by atoms with Crippen LogP contribution in [0.5, 0.6) is 5.75 Å². The molecule has 3 aliphatic heterocycles. The molecular weight excluding hydrogens is 1780 g/mol. The number of para-hydroxylation sites is 2. The van der Waals surface area contributed by atoms with Crippen LogP contribution in [0.4, 0.5) is 0 Å². The zero-order valence-electron chi connectivity index (χ0n) is 77.3. The molecule has 45 heteroatoms. The Morgan fingerprint density at radius 3 is 1.66 bits per heavy atom. The lowest BCUT2D eigenvalue weighted by molar-refractivity contribution is -0.149. The van der Waals surface area contributed by atoms with Gasteiger partial charge in [0.2, 0.25) is 100 Å². The highest BCUT2D eigenvalue weighted by Crippen LogP contribution is 2.28. The third-order valence-electron chi connectivity index (χ3n) is 24.5. The number of carboxylic acids is 1. The topological polar surface area (TPSA) is 658 Å². The van der Waals surface area contributed by atoms with E-state index < -0.39 is 254 Å². The van der Waals surface area contributed by atoms with Gasteiger partial charge in [0.1, 0.15) is 90.3 Å². The van der Waals surface area contributed by atoms with Gasteiger partial charge in [-0.3, -0.25) is 86.3 Å². The smallest absolute Gasteiger partial charge is 0.303 e. The Balaban J connectivity index is 1.11. The first-order chi connectivity index (χ1) is 65.0. The second-order valence-electron chi connectivity index (χ2n) is 34.3. The maximum absolute atomic E-state index is 15.8. The number of amides is 17. The van der Waals surface area contributed by atoms with Gasteiger partial charge in [0.05, 0.1) is 38.3 Å². The van der Waals surface area contributed by atoms with E-state index in [-0.39, 0.29) is 89.5 Å². The summed E-state index contributed by atoms with van der Waals surface area (Å²) in [5, 5.41) is 49.4. The first-order valence-corrected chi connectivity index (χ1v) is 46.7. The molecule has 44 nitrogen and oxygen atoms in total. The molecule has 3 aromatic carbocycles. The molecule has 0 aliphatic carbocycles. The van der Waals surface area contributed by atoms with Gasteiger partial charge in [-0.25, -0.2) is 4.98 Å². The molecule has 15 atom stereocenters. The van der Waals surface area contributed by atoms with E-state index >= 15 is 38.4 Å². The van der Waals surface area contributed by atoms with Crippen LogP contribution in [-0.2, 0) is 112 Å². The molecule has 3 aromatic heterocycles. The van der Waals surface area contributed by atoms with Gasteiger partial charge in [-0.05, 0) is 112 Å². The van der Waals surface area contributed by atoms with E-state index in [0.717, 1.165) is 26.5 Å². The molecule has 3 fully saturated rings.